The van der Waals surface area contributed by atoms with Gasteiger partial charge in [-0.25, -0.2) is 8.42 Å². The molecule has 2 amide bonds. The zero-order valence-corrected chi connectivity index (χ0v) is 23.3. The number of methoxy groups -OCH3 is 1. The Hall–Kier alpha value is -3.85. The maximum atomic E-state index is 13.9. The fourth-order valence-electron chi connectivity index (χ4n) is 4.05. The number of nitrogens with one attached hydrogen (secondary N) is 1. The van der Waals surface area contributed by atoms with Crippen molar-refractivity contribution in [2.45, 2.75) is 45.2 Å². The number of anilines is 1. The van der Waals surface area contributed by atoms with E-state index in [-0.39, 0.29) is 17.3 Å². The van der Waals surface area contributed by atoms with Crippen LogP contribution in [0.3, 0.4) is 0 Å². The fourth-order valence-corrected chi connectivity index (χ4v) is 5.54. The first-order valence-electron chi connectivity index (χ1n) is 12.4. The third-order valence-corrected chi connectivity index (χ3v) is 8.05. The van der Waals surface area contributed by atoms with Crippen LogP contribution in [0.1, 0.15) is 30.5 Å². The summed E-state index contributed by atoms with van der Waals surface area (Å²) in [6.07, 6.45) is 0. The molecule has 0 aliphatic heterocycles. The highest BCUT2D eigenvalue weighted by Gasteiger charge is 2.33. The van der Waals surface area contributed by atoms with E-state index in [1.54, 1.807) is 64.3 Å². The van der Waals surface area contributed by atoms with Gasteiger partial charge in [-0.15, -0.1) is 0 Å². The average Bonchev–Trinajstić information content (AvgIpc) is 2.92. The third kappa shape index (κ3) is 6.72. The van der Waals surface area contributed by atoms with Crippen LogP contribution in [-0.4, -0.2) is 51.4 Å². The summed E-state index contributed by atoms with van der Waals surface area (Å²) in [6.45, 7) is 7.17. The number of hydrogen-bond donors (Lipinski definition) is 1. The number of aryl methyl sites for hydroxylation is 2. The standard InChI is InChI=1S/C29H35N3O5S/c1-6-30-29(34)23(4)31(19-24-14-16-25(37-5)17-15-24)28(33)20-32(27-18-21(2)12-13-22(27)3)38(35,36)26-10-8-7-9-11-26/h7-18,23H,6,19-20H2,1-5H3,(H,30,34)/t23-/m0/s1. The summed E-state index contributed by atoms with van der Waals surface area (Å²) in [5.41, 5.74) is 2.76. The molecule has 0 saturated heterocycles. The number of ether oxygens (including phenoxy) is 1. The quantitative estimate of drug-likeness (QED) is 0.398. The summed E-state index contributed by atoms with van der Waals surface area (Å²) in [6, 6.07) is 19.8. The van der Waals surface area contributed by atoms with Crippen LogP contribution in [0.15, 0.2) is 77.7 Å². The maximum absolute atomic E-state index is 13.9. The van der Waals surface area contributed by atoms with Crippen molar-refractivity contribution in [3.05, 3.63) is 89.5 Å². The Morgan fingerprint density at radius 2 is 1.63 bits per heavy atom. The van der Waals surface area contributed by atoms with Crippen LogP contribution >= 0.6 is 0 Å². The molecule has 8 nitrogen and oxygen atoms in total. The lowest BCUT2D eigenvalue weighted by Crippen LogP contribution is -2.51. The summed E-state index contributed by atoms with van der Waals surface area (Å²) in [4.78, 5) is 28.2. The SMILES string of the molecule is CCNC(=O)[C@H](C)N(Cc1ccc(OC)cc1)C(=O)CN(c1cc(C)ccc1C)S(=O)(=O)c1ccccc1. The molecule has 9 heteroatoms. The minimum Gasteiger partial charge on any atom is -0.497 e. The highest BCUT2D eigenvalue weighted by atomic mass is 32.2. The zero-order chi connectivity index (χ0) is 27.9. The van der Waals surface area contributed by atoms with Gasteiger partial charge in [-0.3, -0.25) is 13.9 Å². The Bertz CT molecular complexity index is 1360. The summed E-state index contributed by atoms with van der Waals surface area (Å²) in [5, 5.41) is 2.76. The van der Waals surface area contributed by atoms with E-state index >= 15 is 0 Å². The first-order valence-corrected chi connectivity index (χ1v) is 13.9. The van der Waals surface area contributed by atoms with Crippen LogP contribution in [0.5, 0.6) is 5.75 Å². The van der Waals surface area contributed by atoms with Crippen molar-refractivity contribution in [1.82, 2.24) is 10.2 Å². The molecule has 3 rings (SSSR count). The van der Waals surface area contributed by atoms with Gasteiger partial charge >= 0.3 is 0 Å². The monoisotopic (exact) mass is 537 g/mol. The topological polar surface area (TPSA) is 96.0 Å². The van der Waals surface area contributed by atoms with Gasteiger partial charge in [0.1, 0.15) is 18.3 Å². The van der Waals surface area contributed by atoms with Gasteiger partial charge in [0, 0.05) is 13.1 Å². The van der Waals surface area contributed by atoms with Crippen molar-refractivity contribution in [2.75, 3.05) is 24.5 Å². The summed E-state index contributed by atoms with van der Waals surface area (Å²) < 4.78 is 34.1. The third-order valence-electron chi connectivity index (χ3n) is 6.27. The smallest absolute Gasteiger partial charge is 0.264 e. The van der Waals surface area contributed by atoms with Gasteiger partial charge in [-0.05, 0) is 74.7 Å². The van der Waals surface area contributed by atoms with E-state index < -0.39 is 28.5 Å². The molecule has 1 N–H and O–H groups in total. The lowest BCUT2D eigenvalue weighted by atomic mass is 10.1. The van der Waals surface area contributed by atoms with Crippen LogP contribution < -0.4 is 14.4 Å². The highest BCUT2D eigenvalue weighted by molar-refractivity contribution is 7.92. The van der Waals surface area contributed by atoms with E-state index in [2.05, 4.69) is 5.32 Å². The minimum absolute atomic E-state index is 0.0761. The normalized spacial score (nSPS) is 11.9. The first kappa shape index (κ1) is 28.7. The molecule has 0 heterocycles. The lowest BCUT2D eigenvalue weighted by Gasteiger charge is -2.32. The van der Waals surface area contributed by atoms with Crippen LogP contribution in [0.2, 0.25) is 0 Å². The molecule has 0 spiro atoms. The first-order chi connectivity index (χ1) is 18.1. The number of sulfonamides is 1. The van der Waals surface area contributed by atoms with Crippen molar-refractivity contribution in [1.29, 1.82) is 0 Å². The molecule has 202 valence electrons. The van der Waals surface area contributed by atoms with E-state index in [0.717, 1.165) is 15.4 Å². The van der Waals surface area contributed by atoms with E-state index in [0.29, 0.717) is 23.5 Å². The van der Waals surface area contributed by atoms with Crippen molar-refractivity contribution in [3.8, 4) is 5.75 Å². The predicted octanol–water partition coefficient (Wildman–Crippen LogP) is 4.06. The second-order valence-corrected chi connectivity index (χ2v) is 10.9. The van der Waals surface area contributed by atoms with Crippen LogP contribution in [0.4, 0.5) is 5.69 Å². The molecular weight excluding hydrogens is 502 g/mol. The Kier molecular flexibility index (Phi) is 9.52. The molecule has 0 unspecified atom stereocenters. The maximum Gasteiger partial charge on any atom is 0.264 e. The molecule has 0 saturated carbocycles. The number of amides is 2. The molecular formula is C29H35N3O5S. The molecule has 3 aromatic rings. The van der Waals surface area contributed by atoms with Crippen LogP contribution in [0, 0.1) is 13.8 Å². The van der Waals surface area contributed by atoms with Crippen molar-refractivity contribution >= 4 is 27.5 Å². The molecule has 0 bridgehead atoms. The fraction of sp³-hybridized carbons (Fsp3) is 0.310. The van der Waals surface area contributed by atoms with Crippen LogP contribution in [0.25, 0.3) is 0 Å². The van der Waals surface area contributed by atoms with E-state index in [4.69, 9.17) is 4.74 Å². The molecule has 0 fully saturated rings. The van der Waals surface area contributed by atoms with E-state index in [1.807, 2.05) is 31.2 Å². The second-order valence-electron chi connectivity index (χ2n) is 9.05. The molecule has 0 radical (unpaired) electrons. The van der Waals surface area contributed by atoms with Gasteiger partial charge in [-0.2, -0.15) is 0 Å². The molecule has 3 aromatic carbocycles. The molecule has 38 heavy (non-hydrogen) atoms. The predicted molar refractivity (Wildman–Crippen MR) is 149 cm³/mol. The molecule has 1 atom stereocenters. The van der Waals surface area contributed by atoms with E-state index in [9.17, 15) is 18.0 Å². The average molecular weight is 538 g/mol. The van der Waals surface area contributed by atoms with Crippen LogP contribution in [-0.2, 0) is 26.2 Å². The number of carbonyl (C=O) groups excluding carboxylic acids is 2. The number of benzene rings is 3. The zero-order valence-electron chi connectivity index (χ0n) is 22.5. The second kappa shape index (κ2) is 12.6. The molecule has 0 aliphatic carbocycles. The summed E-state index contributed by atoms with van der Waals surface area (Å²) in [7, 11) is -2.52. The van der Waals surface area contributed by atoms with Crippen molar-refractivity contribution in [3.63, 3.8) is 0 Å². The van der Waals surface area contributed by atoms with Gasteiger partial charge < -0.3 is 15.0 Å². The Labute approximate surface area is 225 Å². The van der Waals surface area contributed by atoms with Gasteiger partial charge in [0.05, 0.1) is 17.7 Å². The van der Waals surface area contributed by atoms with Gasteiger partial charge in [-0.1, -0.05) is 42.5 Å². The minimum atomic E-state index is -4.09. The Morgan fingerprint density at radius 1 is 0.974 bits per heavy atom. The summed E-state index contributed by atoms with van der Waals surface area (Å²) >= 11 is 0. The van der Waals surface area contributed by atoms with E-state index in [1.165, 1.54) is 17.0 Å². The number of hydrogen-bond acceptors (Lipinski definition) is 5. The Balaban J connectivity index is 2.05. The lowest BCUT2D eigenvalue weighted by molar-refractivity contribution is -0.139. The molecule has 0 aliphatic rings. The largest absolute Gasteiger partial charge is 0.497 e. The van der Waals surface area contributed by atoms with Gasteiger partial charge in [0.25, 0.3) is 10.0 Å². The summed E-state index contributed by atoms with van der Waals surface area (Å²) in [5.74, 6) is -0.156. The number of rotatable bonds is 11. The highest BCUT2D eigenvalue weighted by Crippen LogP contribution is 2.28. The number of likely N-dealkylation sites (N-methyl/N-ethyl adjacent to an activating group) is 1. The Morgan fingerprint density at radius 3 is 2.24 bits per heavy atom. The van der Waals surface area contributed by atoms with Gasteiger partial charge in [0.15, 0.2) is 0 Å². The number of nitrogens with zero attached hydrogens (tertiary/aromatic N) is 2. The van der Waals surface area contributed by atoms with Crippen molar-refractivity contribution < 1.29 is 22.7 Å². The van der Waals surface area contributed by atoms with Crippen molar-refractivity contribution in [2.24, 2.45) is 0 Å². The molecule has 0 aromatic heterocycles. The number of carbonyl (C=O) groups is 2. The van der Waals surface area contributed by atoms with Gasteiger partial charge in [0.2, 0.25) is 11.8 Å².